The number of rotatable bonds is 6. The molecule has 0 saturated heterocycles. The van der Waals surface area contributed by atoms with Crippen molar-refractivity contribution in [3.63, 3.8) is 0 Å². The minimum Gasteiger partial charge on any atom is -0.387 e. The second-order valence-electron chi connectivity index (χ2n) is 3.80. The van der Waals surface area contributed by atoms with Gasteiger partial charge in [0.25, 0.3) is 0 Å². The summed E-state index contributed by atoms with van der Waals surface area (Å²) < 4.78 is 0. The van der Waals surface area contributed by atoms with Crippen molar-refractivity contribution >= 4 is 5.84 Å². The van der Waals surface area contributed by atoms with Crippen LogP contribution in [-0.4, -0.2) is 11.9 Å². The lowest BCUT2D eigenvalue weighted by Crippen LogP contribution is -2.14. The molecule has 2 heteroatoms. The smallest absolute Gasteiger partial charge is 0.0941 e. The third-order valence-corrected chi connectivity index (χ3v) is 2.54. The van der Waals surface area contributed by atoms with Crippen LogP contribution in [0.5, 0.6) is 0 Å². The molecule has 0 aliphatic heterocycles. The van der Waals surface area contributed by atoms with Crippen LogP contribution in [0.4, 0.5) is 0 Å². The number of hydrogen-bond donors (Lipinski definition) is 1. The fourth-order valence-electron chi connectivity index (χ4n) is 1.50. The molecular weight excluding hydrogens is 196 g/mol. The predicted molar refractivity (Wildman–Crippen MR) is 70.7 cm³/mol. The van der Waals surface area contributed by atoms with Gasteiger partial charge in [-0.05, 0) is 18.4 Å². The van der Waals surface area contributed by atoms with Gasteiger partial charge < -0.3 is 5.73 Å². The van der Waals surface area contributed by atoms with E-state index >= 15 is 0 Å². The van der Waals surface area contributed by atoms with Gasteiger partial charge in [-0.15, -0.1) is 6.58 Å². The van der Waals surface area contributed by atoms with Gasteiger partial charge >= 0.3 is 0 Å². The highest BCUT2D eigenvalue weighted by Crippen LogP contribution is 2.08. The van der Waals surface area contributed by atoms with Gasteiger partial charge in [-0.1, -0.05) is 43.3 Å². The van der Waals surface area contributed by atoms with E-state index in [-0.39, 0.29) is 6.04 Å². The third-order valence-electron chi connectivity index (χ3n) is 2.54. The van der Waals surface area contributed by atoms with E-state index < -0.39 is 0 Å². The first kappa shape index (κ1) is 12.5. The van der Waals surface area contributed by atoms with Crippen LogP contribution in [0, 0.1) is 0 Å². The monoisotopic (exact) mass is 216 g/mol. The van der Waals surface area contributed by atoms with Crippen molar-refractivity contribution in [3.05, 3.63) is 48.6 Å². The van der Waals surface area contributed by atoms with Gasteiger partial charge in [0.15, 0.2) is 0 Å². The van der Waals surface area contributed by atoms with Crippen molar-refractivity contribution in [1.82, 2.24) is 0 Å². The first-order valence-electron chi connectivity index (χ1n) is 5.75. The Bertz CT molecular complexity index is 341. The number of nitrogens with zero attached hydrogens (tertiary/aromatic N) is 1. The lowest BCUT2D eigenvalue weighted by Gasteiger charge is -2.08. The van der Waals surface area contributed by atoms with E-state index in [1.807, 2.05) is 19.1 Å². The standard InChI is InChI=1S/C14H20N2/c1-3-13(16-14(15)4-2)11-10-12-8-6-5-7-9-12/h3,5-9,13H,1,4,10-11H2,2H3,(H2,15,16). The number of hydrogen-bond acceptors (Lipinski definition) is 1. The van der Waals surface area contributed by atoms with Crippen LogP contribution in [0.25, 0.3) is 0 Å². The molecule has 2 N–H and O–H groups in total. The second-order valence-corrected chi connectivity index (χ2v) is 3.80. The Balaban J connectivity index is 2.49. The summed E-state index contributed by atoms with van der Waals surface area (Å²) in [4.78, 5) is 4.40. The molecule has 86 valence electrons. The van der Waals surface area contributed by atoms with Crippen molar-refractivity contribution in [1.29, 1.82) is 0 Å². The zero-order valence-electron chi connectivity index (χ0n) is 9.89. The Kier molecular flexibility index (Phi) is 5.34. The van der Waals surface area contributed by atoms with Crippen LogP contribution >= 0.6 is 0 Å². The van der Waals surface area contributed by atoms with Crippen LogP contribution in [0.2, 0.25) is 0 Å². The van der Waals surface area contributed by atoms with Crippen molar-refractivity contribution in [2.24, 2.45) is 10.7 Å². The molecule has 0 aromatic heterocycles. The van der Waals surface area contributed by atoms with Crippen LogP contribution < -0.4 is 5.73 Å². The van der Waals surface area contributed by atoms with E-state index in [1.54, 1.807) is 0 Å². The molecule has 16 heavy (non-hydrogen) atoms. The minimum absolute atomic E-state index is 0.139. The quantitative estimate of drug-likeness (QED) is 0.443. The van der Waals surface area contributed by atoms with Crippen molar-refractivity contribution in [3.8, 4) is 0 Å². The topological polar surface area (TPSA) is 38.4 Å². The molecule has 1 rings (SSSR count). The molecule has 0 aliphatic rings. The first-order valence-corrected chi connectivity index (χ1v) is 5.75. The Labute approximate surface area is 97.9 Å². The molecule has 0 amide bonds. The lowest BCUT2D eigenvalue weighted by atomic mass is 10.1. The van der Waals surface area contributed by atoms with E-state index in [0.29, 0.717) is 5.84 Å². The highest BCUT2D eigenvalue weighted by molar-refractivity contribution is 5.80. The lowest BCUT2D eigenvalue weighted by molar-refractivity contribution is 0.720. The van der Waals surface area contributed by atoms with Crippen molar-refractivity contribution in [2.75, 3.05) is 0 Å². The van der Waals surface area contributed by atoms with Gasteiger partial charge in [0.1, 0.15) is 0 Å². The normalized spacial score (nSPS) is 13.4. The molecule has 1 unspecified atom stereocenters. The Morgan fingerprint density at radius 2 is 2.12 bits per heavy atom. The predicted octanol–water partition coefficient (Wildman–Crippen LogP) is 2.94. The van der Waals surface area contributed by atoms with E-state index in [9.17, 15) is 0 Å². The first-order chi connectivity index (χ1) is 7.76. The number of amidine groups is 1. The Morgan fingerprint density at radius 1 is 1.44 bits per heavy atom. The SMILES string of the molecule is C=CC(CCc1ccccc1)N=C(N)CC. The van der Waals surface area contributed by atoms with E-state index in [0.717, 1.165) is 19.3 Å². The summed E-state index contributed by atoms with van der Waals surface area (Å²) in [6, 6.07) is 10.5. The van der Waals surface area contributed by atoms with Crippen LogP contribution in [-0.2, 0) is 6.42 Å². The van der Waals surface area contributed by atoms with Crippen LogP contribution in [0.15, 0.2) is 48.0 Å². The van der Waals surface area contributed by atoms with Gasteiger partial charge in [0.2, 0.25) is 0 Å². The molecule has 0 aliphatic carbocycles. The highest BCUT2D eigenvalue weighted by Gasteiger charge is 2.02. The van der Waals surface area contributed by atoms with Gasteiger partial charge in [-0.25, -0.2) is 0 Å². The Morgan fingerprint density at radius 3 is 2.69 bits per heavy atom. The van der Waals surface area contributed by atoms with Crippen molar-refractivity contribution in [2.45, 2.75) is 32.2 Å². The fraction of sp³-hybridized carbons (Fsp3) is 0.357. The number of benzene rings is 1. The molecule has 1 atom stereocenters. The molecule has 2 nitrogen and oxygen atoms in total. The van der Waals surface area contributed by atoms with Gasteiger partial charge in [-0.3, -0.25) is 4.99 Å². The van der Waals surface area contributed by atoms with Crippen LogP contribution in [0.3, 0.4) is 0 Å². The summed E-state index contributed by atoms with van der Waals surface area (Å²) in [6.45, 7) is 5.81. The molecular formula is C14H20N2. The van der Waals surface area contributed by atoms with Gasteiger partial charge in [0.05, 0.1) is 11.9 Å². The zero-order chi connectivity index (χ0) is 11.8. The Hall–Kier alpha value is -1.57. The van der Waals surface area contributed by atoms with Crippen LogP contribution in [0.1, 0.15) is 25.3 Å². The molecule has 1 aromatic rings. The molecule has 0 spiro atoms. The minimum atomic E-state index is 0.139. The molecule has 0 fully saturated rings. The van der Waals surface area contributed by atoms with E-state index in [4.69, 9.17) is 5.73 Å². The second kappa shape index (κ2) is 6.83. The molecule has 0 saturated carbocycles. The summed E-state index contributed by atoms with van der Waals surface area (Å²) in [5.41, 5.74) is 7.05. The maximum absolute atomic E-state index is 5.72. The molecule has 0 bridgehead atoms. The number of aliphatic imine (C=N–C) groups is 1. The third kappa shape index (κ3) is 4.30. The summed E-state index contributed by atoms with van der Waals surface area (Å²) >= 11 is 0. The van der Waals surface area contributed by atoms with Crippen molar-refractivity contribution < 1.29 is 0 Å². The summed E-state index contributed by atoms with van der Waals surface area (Å²) in [5.74, 6) is 0.706. The number of aryl methyl sites for hydroxylation is 1. The number of nitrogens with two attached hydrogens (primary N) is 1. The highest BCUT2D eigenvalue weighted by atomic mass is 14.9. The maximum atomic E-state index is 5.72. The van der Waals surface area contributed by atoms with E-state index in [2.05, 4.69) is 35.8 Å². The maximum Gasteiger partial charge on any atom is 0.0941 e. The average Bonchev–Trinajstić information content (AvgIpc) is 2.35. The molecule has 0 heterocycles. The van der Waals surface area contributed by atoms with E-state index in [1.165, 1.54) is 5.56 Å². The van der Waals surface area contributed by atoms with Gasteiger partial charge in [-0.2, -0.15) is 0 Å². The molecule has 1 aromatic carbocycles. The summed E-state index contributed by atoms with van der Waals surface area (Å²) in [7, 11) is 0. The molecule has 0 radical (unpaired) electrons. The van der Waals surface area contributed by atoms with Gasteiger partial charge in [0, 0.05) is 6.42 Å². The average molecular weight is 216 g/mol. The largest absolute Gasteiger partial charge is 0.387 e. The summed E-state index contributed by atoms with van der Waals surface area (Å²) in [5, 5.41) is 0. The summed E-state index contributed by atoms with van der Waals surface area (Å²) in [6.07, 6.45) is 4.65. The zero-order valence-corrected chi connectivity index (χ0v) is 9.89. The fourth-order valence-corrected chi connectivity index (χ4v) is 1.50.